The SMILES string of the molecule is C#CCCCCCCOc1cccc(CNC(=O)c2ccc3ncsc3c2)c1. The van der Waals surface area contributed by atoms with E-state index in [1.165, 1.54) is 11.3 Å². The standard InChI is InChI=1S/C23H24N2O2S/c1-2-3-4-5-6-7-13-27-20-10-8-9-18(14-20)16-24-23(26)19-11-12-21-22(15-19)28-17-25-21/h1,8-12,14-15,17H,3-7,13,16H2,(H,24,26). The molecule has 0 radical (unpaired) electrons. The monoisotopic (exact) mass is 392 g/mol. The van der Waals surface area contributed by atoms with E-state index in [9.17, 15) is 4.79 Å². The van der Waals surface area contributed by atoms with Crippen LogP contribution in [-0.2, 0) is 6.54 Å². The van der Waals surface area contributed by atoms with Gasteiger partial charge in [0, 0.05) is 18.5 Å². The van der Waals surface area contributed by atoms with Crippen molar-refractivity contribution in [2.24, 2.45) is 0 Å². The molecule has 3 rings (SSSR count). The van der Waals surface area contributed by atoms with Crippen LogP contribution in [-0.4, -0.2) is 17.5 Å². The molecule has 0 spiro atoms. The van der Waals surface area contributed by atoms with E-state index < -0.39 is 0 Å². The minimum Gasteiger partial charge on any atom is -0.494 e. The van der Waals surface area contributed by atoms with Gasteiger partial charge in [-0.25, -0.2) is 4.98 Å². The molecule has 1 aromatic heterocycles. The van der Waals surface area contributed by atoms with Crippen molar-refractivity contribution in [3.05, 3.63) is 59.1 Å². The van der Waals surface area contributed by atoms with Crippen LogP contribution in [0.5, 0.6) is 5.75 Å². The molecule has 28 heavy (non-hydrogen) atoms. The van der Waals surface area contributed by atoms with Gasteiger partial charge in [0.25, 0.3) is 5.91 Å². The largest absolute Gasteiger partial charge is 0.494 e. The molecular formula is C23H24N2O2S. The number of rotatable bonds is 10. The molecule has 0 bridgehead atoms. The average molecular weight is 393 g/mol. The van der Waals surface area contributed by atoms with Gasteiger partial charge >= 0.3 is 0 Å². The van der Waals surface area contributed by atoms with Crippen LogP contribution in [0.25, 0.3) is 10.2 Å². The van der Waals surface area contributed by atoms with Gasteiger partial charge in [0.2, 0.25) is 0 Å². The molecule has 0 saturated heterocycles. The number of terminal acetylenes is 1. The highest BCUT2D eigenvalue weighted by Gasteiger charge is 2.08. The molecule has 1 heterocycles. The third-order valence-corrected chi connectivity index (χ3v) is 5.22. The molecular weight excluding hydrogens is 368 g/mol. The first kappa shape index (κ1) is 19.9. The van der Waals surface area contributed by atoms with Crippen molar-refractivity contribution in [3.63, 3.8) is 0 Å². The van der Waals surface area contributed by atoms with Gasteiger partial charge in [0.15, 0.2) is 0 Å². The molecule has 0 fully saturated rings. The first-order chi connectivity index (χ1) is 13.8. The van der Waals surface area contributed by atoms with E-state index in [2.05, 4.69) is 16.2 Å². The summed E-state index contributed by atoms with van der Waals surface area (Å²) in [6.45, 7) is 1.16. The van der Waals surface area contributed by atoms with Gasteiger partial charge in [0.1, 0.15) is 5.75 Å². The summed E-state index contributed by atoms with van der Waals surface area (Å²) in [5.41, 5.74) is 4.37. The summed E-state index contributed by atoms with van der Waals surface area (Å²) in [6.07, 6.45) is 10.5. The summed E-state index contributed by atoms with van der Waals surface area (Å²) >= 11 is 1.53. The molecule has 4 nitrogen and oxygen atoms in total. The lowest BCUT2D eigenvalue weighted by Crippen LogP contribution is -2.22. The van der Waals surface area contributed by atoms with Gasteiger partial charge in [-0.2, -0.15) is 0 Å². The lowest BCUT2D eigenvalue weighted by Gasteiger charge is -2.09. The van der Waals surface area contributed by atoms with E-state index in [0.29, 0.717) is 18.7 Å². The molecule has 3 aromatic rings. The van der Waals surface area contributed by atoms with Gasteiger partial charge in [-0.1, -0.05) is 25.0 Å². The summed E-state index contributed by atoms with van der Waals surface area (Å²) in [5, 5.41) is 2.97. The molecule has 0 aliphatic heterocycles. The van der Waals surface area contributed by atoms with E-state index >= 15 is 0 Å². The van der Waals surface area contributed by atoms with Crippen molar-refractivity contribution in [2.45, 2.75) is 38.6 Å². The highest BCUT2D eigenvalue weighted by molar-refractivity contribution is 7.16. The van der Waals surface area contributed by atoms with Crippen molar-refractivity contribution in [1.29, 1.82) is 0 Å². The molecule has 5 heteroatoms. The van der Waals surface area contributed by atoms with Crippen LogP contribution in [0.4, 0.5) is 0 Å². The molecule has 0 aliphatic rings. The minimum atomic E-state index is -0.0893. The first-order valence-corrected chi connectivity index (χ1v) is 10.4. The van der Waals surface area contributed by atoms with Crippen molar-refractivity contribution >= 4 is 27.5 Å². The zero-order chi connectivity index (χ0) is 19.6. The van der Waals surface area contributed by atoms with Crippen molar-refractivity contribution in [2.75, 3.05) is 6.61 Å². The van der Waals surface area contributed by atoms with Crippen LogP contribution in [0.15, 0.2) is 48.0 Å². The van der Waals surface area contributed by atoms with Gasteiger partial charge in [-0.3, -0.25) is 4.79 Å². The summed E-state index contributed by atoms with van der Waals surface area (Å²) in [4.78, 5) is 16.7. The summed E-state index contributed by atoms with van der Waals surface area (Å²) in [7, 11) is 0. The van der Waals surface area contributed by atoms with Crippen molar-refractivity contribution in [3.8, 4) is 18.1 Å². The Hall–Kier alpha value is -2.84. The average Bonchev–Trinajstić information content (AvgIpc) is 3.19. The predicted molar refractivity (Wildman–Crippen MR) is 115 cm³/mol. The smallest absolute Gasteiger partial charge is 0.251 e. The molecule has 1 N–H and O–H groups in total. The highest BCUT2D eigenvalue weighted by Crippen LogP contribution is 2.19. The maximum absolute atomic E-state index is 12.4. The molecule has 0 unspecified atom stereocenters. The number of aromatic nitrogens is 1. The van der Waals surface area contributed by atoms with Crippen LogP contribution in [0.3, 0.4) is 0 Å². The molecule has 0 saturated carbocycles. The van der Waals surface area contributed by atoms with E-state index in [-0.39, 0.29) is 5.91 Å². The third-order valence-electron chi connectivity index (χ3n) is 4.43. The summed E-state index contributed by atoms with van der Waals surface area (Å²) in [6, 6.07) is 13.4. The fraction of sp³-hybridized carbons (Fsp3) is 0.304. The fourth-order valence-corrected chi connectivity index (χ4v) is 3.61. The number of fused-ring (bicyclic) bond motifs is 1. The highest BCUT2D eigenvalue weighted by atomic mass is 32.1. The summed E-state index contributed by atoms with van der Waals surface area (Å²) < 4.78 is 6.84. The number of hydrogen-bond acceptors (Lipinski definition) is 4. The molecule has 2 aromatic carbocycles. The molecule has 1 amide bonds. The Morgan fingerprint density at radius 3 is 2.93 bits per heavy atom. The number of thiazole rings is 1. The van der Waals surface area contributed by atoms with Crippen LogP contribution >= 0.6 is 11.3 Å². The summed E-state index contributed by atoms with van der Waals surface area (Å²) in [5.74, 6) is 3.41. The normalized spacial score (nSPS) is 10.5. The maximum atomic E-state index is 12.4. The number of unbranched alkanes of at least 4 members (excludes halogenated alkanes) is 4. The van der Waals surface area contributed by atoms with E-state index in [4.69, 9.17) is 11.2 Å². The van der Waals surface area contributed by atoms with Gasteiger partial charge in [0.05, 0.1) is 22.3 Å². The second-order valence-electron chi connectivity index (χ2n) is 6.58. The maximum Gasteiger partial charge on any atom is 0.251 e. The van der Waals surface area contributed by atoms with Crippen LogP contribution in [0.2, 0.25) is 0 Å². The first-order valence-electron chi connectivity index (χ1n) is 9.53. The lowest BCUT2D eigenvalue weighted by molar-refractivity contribution is 0.0951. The molecule has 0 atom stereocenters. The quantitative estimate of drug-likeness (QED) is 0.382. The number of ether oxygens (including phenoxy) is 1. The van der Waals surface area contributed by atoms with Crippen molar-refractivity contribution < 1.29 is 9.53 Å². The Balaban J connectivity index is 1.45. The Bertz CT molecular complexity index is 958. The van der Waals surface area contributed by atoms with E-state index in [0.717, 1.165) is 53.6 Å². The fourth-order valence-electron chi connectivity index (χ4n) is 2.90. The number of amides is 1. The zero-order valence-corrected chi connectivity index (χ0v) is 16.6. The second kappa shape index (κ2) is 10.5. The number of nitrogens with one attached hydrogen (secondary N) is 1. The number of benzene rings is 2. The Kier molecular flexibility index (Phi) is 7.45. The van der Waals surface area contributed by atoms with Crippen LogP contribution < -0.4 is 10.1 Å². The zero-order valence-electron chi connectivity index (χ0n) is 15.8. The molecule has 144 valence electrons. The van der Waals surface area contributed by atoms with Crippen LogP contribution in [0.1, 0.15) is 48.0 Å². The van der Waals surface area contributed by atoms with E-state index in [1.54, 1.807) is 11.6 Å². The lowest BCUT2D eigenvalue weighted by atomic mass is 10.1. The number of carbonyl (C=O) groups is 1. The minimum absolute atomic E-state index is 0.0893. The predicted octanol–water partition coefficient (Wildman–Crippen LogP) is 5.19. The Morgan fingerprint density at radius 1 is 1.14 bits per heavy atom. The second-order valence-corrected chi connectivity index (χ2v) is 7.47. The number of carbonyl (C=O) groups excluding carboxylic acids is 1. The third kappa shape index (κ3) is 5.83. The number of nitrogens with zero attached hydrogens (tertiary/aromatic N) is 1. The Morgan fingerprint density at radius 2 is 2.04 bits per heavy atom. The topological polar surface area (TPSA) is 51.2 Å². The van der Waals surface area contributed by atoms with Gasteiger partial charge in [-0.15, -0.1) is 23.7 Å². The van der Waals surface area contributed by atoms with Gasteiger partial charge < -0.3 is 10.1 Å². The van der Waals surface area contributed by atoms with Crippen molar-refractivity contribution in [1.82, 2.24) is 10.3 Å². The van der Waals surface area contributed by atoms with Crippen LogP contribution in [0, 0.1) is 12.3 Å². The van der Waals surface area contributed by atoms with E-state index in [1.807, 2.05) is 36.4 Å². The molecule has 0 aliphatic carbocycles. The Labute approximate surface area is 170 Å². The number of hydrogen-bond donors (Lipinski definition) is 1. The van der Waals surface area contributed by atoms with Gasteiger partial charge in [-0.05, 0) is 48.7 Å².